The van der Waals surface area contributed by atoms with Crippen molar-refractivity contribution >= 4 is 0 Å². The lowest BCUT2D eigenvalue weighted by molar-refractivity contribution is 0.0168. The lowest BCUT2D eigenvalue weighted by atomic mass is 10.1. The minimum absolute atomic E-state index is 0.171. The van der Waals surface area contributed by atoms with Gasteiger partial charge in [-0.1, -0.05) is 13.8 Å². The largest absolute Gasteiger partial charge is 0.392 e. The van der Waals surface area contributed by atoms with Crippen molar-refractivity contribution in [2.24, 2.45) is 0 Å². The van der Waals surface area contributed by atoms with E-state index in [1.165, 1.54) is 6.42 Å². The summed E-state index contributed by atoms with van der Waals surface area (Å²) in [7, 11) is 0. The Hall–Kier alpha value is -0.120. The molecule has 3 unspecified atom stereocenters. The van der Waals surface area contributed by atoms with Gasteiger partial charge in [0.05, 0.1) is 6.10 Å². The SMILES string of the molecule is CCC(O)C(C)N1CCN(C(C)CC)CC1. The smallest absolute Gasteiger partial charge is 0.0690 e. The molecule has 1 rings (SSSR count). The Balaban J connectivity index is 2.36. The monoisotopic (exact) mass is 228 g/mol. The van der Waals surface area contributed by atoms with Crippen molar-refractivity contribution in [1.82, 2.24) is 9.80 Å². The first-order valence-corrected chi connectivity index (χ1v) is 6.76. The number of hydrogen-bond donors (Lipinski definition) is 1. The van der Waals surface area contributed by atoms with Crippen molar-refractivity contribution in [2.45, 2.75) is 58.7 Å². The van der Waals surface area contributed by atoms with Crippen LogP contribution in [0.4, 0.5) is 0 Å². The van der Waals surface area contributed by atoms with Gasteiger partial charge in [0.1, 0.15) is 0 Å². The number of rotatable bonds is 5. The fourth-order valence-electron chi connectivity index (χ4n) is 2.43. The Morgan fingerprint density at radius 2 is 1.44 bits per heavy atom. The van der Waals surface area contributed by atoms with Gasteiger partial charge in [-0.05, 0) is 26.7 Å². The first-order chi connectivity index (χ1) is 7.60. The molecule has 1 heterocycles. The van der Waals surface area contributed by atoms with Crippen LogP contribution in [0, 0.1) is 0 Å². The van der Waals surface area contributed by atoms with Gasteiger partial charge in [-0.3, -0.25) is 9.80 Å². The third-order valence-electron chi connectivity index (χ3n) is 4.11. The summed E-state index contributed by atoms with van der Waals surface area (Å²) in [4.78, 5) is 4.98. The van der Waals surface area contributed by atoms with E-state index in [2.05, 4.69) is 37.5 Å². The van der Waals surface area contributed by atoms with Gasteiger partial charge in [0.15, 0.2) is 0 Å². The van der Waals surface area contributed by atoms with Crippen molar-refractivity contribution in [3.8, 4) is 0 Å². The molecule has 16 heavy (non-hydrogen) atoms. The summed E-state index contributed by atoms with van der Waals surface area (Å²) >= 11 is 0. The van der Waals surface area contributed by atoms with Crippen LogP contribution in [0.3, 0.4) is 0 Å². The second kappa shape index (κ2) is 6.58. The maximum atomic E-state index is 9.84. The molecule has 0 aromatic rings. The van der Waals surface area contributed by atoms with Gasteiger partial charge >= 0.3 is 0 Å². The molecular formula is C13H28N2O. The minimum Gasteiger partial charge on any atom is -0.392 e. The molecule has 1 saturated heterocycles. The topological polar surface area (TPSA) is 26.7 Å². The van der Waals surface area contributed by atoms with Crippen molar-refractivity contribution < 1.29 is 5.11 Å². The first-order valence-electron chi connectivity index (χ1n) is 6.76. The standard InChI is InChI=1S/C13H28N2O/c1-5-11(3)14-7-9-15(10-8-14)12(4)13(16)6-2/h11-13,16H,5-10H2,1-4H3. The van der Waals surface area contributed by atoms with E-state index in [1.807, 2.05) is 0 Å². The average molecular weight is 228 g/mol. The third-order valence-corrected chi connectivity index (χ3v) is 4.11. The van der Waals surface area contributed by atoms with E-state index in [1.54, 1.807) is 0 Å². The number of aliphatic hydroxyl groups excluding tert-OH is 1. The summed E-state index contributed by atoms with van der Waals surface area (Å²) in [6.07, 6.45) is 1.91. The molecule has 3 nitrogen and oxygen atoms in total. The van der Waals surface area contributed by atoms with E-state index in [0.29, 0.717) is 12.1 Å². The second-order valence-corrected chi connectivity index (χ2v) is 5.05. The quantitative estimate of drug-likeness (QED) is 0.773. The molecule has 0 bridgehead atoms. The first kappa shape index (κ1) is 13.9. The molecule has 3 heteroatoms. The molecule has 0 radical (unpaired) electrons. The Labute approximate surface area is 100 Å². The highest BCUT2D eigenvalue weighted by atomic mass is 16.3. The molecule has 1 fully saturated rings. The van der Waals surface area contributed by atoms with E-state index in [-0.39, 0.29) is 6.10 Å². The Kier molecular flexibility index (Phi) is 5.73. The molecule has 0 amide bonds. The van der Waals surface area contributed by atoms with E-state index in [4.69, 9.17) is 0 Å². The zero-order valence-electron chi connectivity index (χ0n) is 11.3. The maximum absolute atomic E-state index is 9.84. The zero-order chi connectivity index (χ0) is 12.1. The Bertz CT molecular complexity index is 190. The van der Waals surface area contributed by atoms with Crippen LogP contribution in [0.5, 0.6) is 0 Å². The van der Waals surface area contributed by atoms with Crippen molar-refractivity contribution in [3.05, 3.63) is 0 Å². The van der Waals surface area contributed by atoms with Gasteiger partial charge in [-0.2, -0.15) is 0 Å². The van der Waals surface area contributed by atoms with Crippen LogP contribution < -0.4 is 0 Å². The summed E-state index contributed by atoms with van der Waals surface area (Å²) < 4.78 is 0. The summed E-state index contributed by atoms with van der Waals surface area (Å²) in [5.74, 6) is 0. The normalized spacial score (nSPS) is 25.3. The molecule has 0 spiro atoms. The highest BCUT2D eigenvalue weighted by Gasteiger charge is 2.25. The maximum Gasteiger partial charge on any atom is 0.0690 e. The number of piperazine rings is 1. The fraction of sp³-hybridized carbons (Fsp3) is 1.00. The van der Waals surface area contributed by atoms with Crippen LogP contribution in [-0.4, -0.2) is 59.3 Å². The van der Waals surface area contributed by atoms with Gasteiger partial charge in [0, 0.05) is 38.3 Å². The van der Waals surface area contributed by atoms with Crippen LogP contribution in [0.2, 0.25) is 0 Å². The fourth-order valence-corrected chi connectivity index (χ4v) is 2.43. The summed E-state index contributed by atoms with van der Waals surface area (Å²) in [5.41, 5.74) is 0. The van der Waals surface area contributed by atoms with Crippen LogP contribution in [0.15, 0.2) is 0 Å². The van der Waals surface area contributed by atoms with Crippen molar-refractivity contribution in [3.63, 3.8) is 0 Å². The second-order valence-electron chi connectivity index (χ2n) is 5.05. The molecule has 0 saturated carbocycles. The van der Waals surface area contributed by atoms with E-state index in [9.17, 15) is 5.11 Å². The lowest BCUT2D eigenvalue weighted by Gasteiger charge is -2.41. The van der Waals surface area contributed by atoms with Crippen LogP contribution in [0.25, 0.3) is 0 Å². The molecule has 3 atom stereocenters. The molecule has 0 aromatic carbocycles. The molecule has 0 aliphatic carbocycles. The number of nitrogens with zero attached hydrogens (tertiary/aromatic N) is 2. The molecule has 1 aliphatic rings. The summed E-state index contributed by atoms with van der Waals surface area (Å²) in [6, 6.07) is 1.01. The number of aliphatic hydroxyl groups is 1. The third kappa shape index (κ3) is 3.44. The van der Waals surface area contributed by atoms with E-state index >= 15 is 0 Å². The Morgan fingerprint density at radius 3 is 1.88 bits per heavy atom. The van der Waals surface area contributed by atoms with Gasteiger partial charge in [-0.15, -0.1) is 0 Å². The summed E-state index contributed by atoms with van der Waals surface area (Å²) in [5, 5.41) is 9.84. The molecular weight excluding hydrogens is 200 g/mol. The summed E-state index contributed by atoms with van der Waals surface area (Å²) in [6.45, 7) is 13.3. The van der Waals surface area contributed by atoms with Crippen LogP contribution in [-0.2, 0) is 0 Å². The van der Waals surface area contributed by atoms with Crippen molar-refractivity contribution in [2.75, 3.05) is 26.2 Å². The van der Waals surface area contributed by atoms with Gasteiger partial charge in [0.2, 0.25) is 0 Å². The predicted octanol–water partition coefficient (Wildman–Crippen LogP) is 1.56. The molecule has 1 N–H and O–H groups in total. The van der Waals surface area contributed by atoms with E-state index < -0.39 is 0 Å². The molecule has 0 aromatic heterocycles. The highest BCUT2D eigenvalue weighted by molar-refractivity contribution is 4.81. The van der Waals surface area contributed by atoms with Gasteiger partial charge in [-0.25, -0.2) is 0 Å². The minimum atomic E-state index is -0.171. The van der Waals surface area contributed by atoms with Gasteiger partial charge in [0.25, 0.3) is 0 Å². The van der Waals surface area contributed by atoms with E-state index in [0.717, 1.165) is 32.6 Å². The van der Waals surface area contributed by atoms with Crippen LogP contribution >= 0.6 is 0 Å². The molecule has 96 valence electrons. The van der Waals surface area contributed by atoms with Crippen LogP contribution in [0.1, 0.15) is 40.5 Å². The average Bonchev–Trinajstić information content (AvgIpc) is 2.36. The lowest BCUT2D eigenvalue weighted by Crippen LogP contribution is -2.54. The Morgan fingerprint density at radius 1 is 0.938 bits per heavy atom. The molecule has 1 aliphatic heterocycles. The highest BCUT2D eigenvalue weighted by Crippen LogP contribution is 2.13. The van der Waals surface area contributed by atoms with Crippen molar-refractivity contribution in [1.29, 1.82) is 0 Å². The number of hydrogen-bond acceptors (Lipinski definition) is 3. The predicted molar refractivity (Wildman–Crippen MR) is 68.7 cm³/mol. The zero-order valence-corrected chi connectivity index (χ0v) is 11.3. The van der Waals surface area contributed by atoms with Gasteiger partial charge < -0.3 is 5.11 Å².